The molecule has 1 aromatic carbocycles. The van der Waals surface area contributed by atoms with Crippen molar-refractivity contribution in [3.05, 3.63) is 42.5 Å². The van der Waals surface area contributed by atoms with E-state index in [2.05, 4.69) is 29.6 Å². The van der Waals surface area contributed by atoms with Crippen LogP contribution in [0, 0.1) is 11.8 Å². The third-order valence-electron chi connectivity index (χ3n) is 5.32. The van der Waals surface area contributed by atoms with E-state index < -0.39 is 5.97 Å². The minimum absolute atomic E-state index is 0.420. The largest absolute Gasteiger partial charge is 0.478 e. The van der Waals surface area contributed by atoms with Crippen LogP contribution in [0.4, 0.5) is 5.69 Å². The molecule has 4 nitrogen and oxygen atoms in total. The van der Waals surface area contributed by atoms with Crippen molar-refractivity contribution in [3.63, 3.8) is 0 Å². The van der Waals surface area contributed by atoms with Gasteiger partial charge >= 0.3 is 5.97 Å². The number of unbranched alkanes of at least 4 members (excludes halogenated alkanes) is 2. The second-order valence-corrected chi connectivity index (χ2v) is 6.89. The third-order valence-corrected chi connectivity index (χ3v) is 5.32. The zero-order chi connectivity index (χ0) is 16.8. The molecule has 2 aliphatic rings. The number of carboxylic acid groups (broad SMARTS) is 1. The number of fused-ring (bicyclic) bond motifs is 2. The standard InChI is InChI=1S/C20H27NO3/c22-20(23)11-7-2-1-6-10-16-17(19-13-12-18(16)24-19)14-21-15-8-4-3-5-9-15/h3-5,7-9,11,16-19,21H,1-2,6,10,12-14H2,(H,22,23)/t16-,17-,18-,19+/m1/s1. The number of carbonyl (C=O) groups is 1. The number of carboxylic acids is 1. The Balaban J connectivity index is 1.45. The van der Waals surface area contributed by atoms with Gasteiger partial charge in [0.05, 0.1) is 12.2 Å². The summed E-state index contributed by atoms with van der Waals surface area (Å²) in [5, 5.41) is 12.2. The van der Waals surface area contributed by atoms with Gasteiger partial charge in [-0.1, -0.05) is 30.7 Å². The molecule has 4 heteroatoms. The second-order valence-electron chi connectivity index (χ2n) is 6.89. The first-order chi connectivity index (χ1) is 11.7. The van der Waals surface area contributed by atoms with Gasteiger partial charge in [-0.3, -0.25) is 0 Å². The first-order valence-corrected chi connectivity index (χ1v) is 9.08. The summed E-state index contributed by atoms with van der Waals surface area (Å²) in [4.78, 5) is 10.4. The normalized spacial score (nSPS) is 28.5. The highest BCUT2D eigenvalue weighted by molar-refractivity contribution is 5.79. The number of para-hydroxylation sites is 1. The molecule has 2 bridgehead atoms. The zero-order valence-electron chi connectivity index (χ0n) is 14.1. The molecule has 2 aliphatic heterocycles. The Labute approximate surface area is 143 Å². The van der Waals surface area contributed by atoms with Crippen molar-refractivity contribution in [1.29, 1.82) is 0 Å². The first-order valence-electron chi connectivity index (χ1n) is 9.08. The van der Waals surface area contributed by atoms with Gasteiger partial charge in [0.2, 0.25) is 0 Å². The van der Waals surface area contributed by atoms with Crippen molar-refractivity contribution in [1.82, 2.24) is 0 Å². The molecule has 2 fully saturated rings. The molecule has 2 saturated heterocycles. The topological polar surface area (TPSA) is 58.6 Å². The van der Waals surface area contributed by atoms with Gasteiger partial charge in [0, 0.05) is 24.2 Å². The summed E-state index contributed by atoms with van der Waals surface area (Å²) < 4.78 is 6.16. The SMILES string of the molecule is O=C(O)C=CCCCC[C@@H]1[C@@H](CNc2ccccc2)[C@@H]2CC[C@H]1O2. The lowest BCUT2D eigenvalue weighted by Gasteiger charge is -2.28. The predicted molar refractivity (Wildman–Crippen MR) is 95.1 cm³/mol. The molecule has 1 aromatic rings. The van der Waals surface area contributed by atoms with E-state index in [0.29, 0.717) is 24.0 Å². The molecule has 0 aliphatic carbocycles. The summed E-state index contributed by atoms with van der Waals surface area (Å²) in [5.41, 5.74) is 1.18. The van der Waals surface area contributed by atoms with E-state index in [1.807, 2.05) is 6.07 Å². The highest BCUT2D eigenvalue weighted by Gasteiger charge is 2.47. The highest BCUT2D eigenvalue weighted by Crippen LogP contribution is 2.45. The Morgan fingerprint density at radius 3 is 2.67 bits per heavy atom. The van der Waals surface area contributed by atoms with Gasteiger partial charge in [-0.2, -0.15) is 0 Å². The van der Waals surface area contributed by atoms with E-state index in [4.69, 9.17) is 9.84 Å². The smallest absolute Gasteiger partial charge is 0.327 e. The highest BCUT2D eigenvalue weighted by atomic mass is 16.5. The van der Waals surface area contributed by atoms with E-state index in [9.17, 15) is 4.79 Å². The molecular weight excluding hydrogens is 302 g/mol. The monoisotopic (exact) mass is 329 g/mol. The van der Waals surface area contributed by atoms with Crippen molar-refractivity contribution in [2.24, 2.45) is 11.8 Å². The maximum atomic E-state index is 10.4. The van der Waals surface area contributed by atoms with E-state index in [0.717, 1.165) is 25.8 Å². The van der Waals surface area contributed by atoms with Crippen LogP contribution in [0.5, 0.6) is 0 Å². The fourth-order valence-electron chi connectivity index (χ4n) is 4.17. The molecule has 4 atom stereocenters. The molecule has 24 heavy (non-hydrogen) atoms. The van der Waals surface area contributed by atoms with Crippen LogP contribution in [0.25, 0.3) is 0 Å². The molecular formula is C20H27NO3. The Bertz CT molecular complexity index is 557. The van der Waals surface area contributed by atoms with E-state index in [1.54, 1.807) is 6.08 Å². The quantitative estimate of drug-likeness (QED) is 0.529. The zero-order valence-corrected chi connectivity index (χ0v) is 14.1. The van der Waals surface area contributed by atoms with Crippen molar-refractivity contribution in [2.45, 2.75) is 50.7 Å². The number of aliphatic carboxylic acids is 1. The number of nitrogens with one attached hydrogen (secondary N) is 1. The summed E-state index contributed by atoms with van der Waals surface area (Å²) >= 11 is 0. The molecule has 0 saturated carbocycles. The summed E-state index contributed by atoms with van der Waals surface area (Å²) in [6.07, 6.45) is 10.5. The van der Waals surface area contributed by atoms with Crippen LogP contribution in [-0.4, -0.2) is 29.8 Å². The van der Waals surface area contributed by atoms with Crippen LogP contribution in [0.15, 0.2) is 42.5 Å². The molecule has 0 radical (unpaired) electrons. The molecule has 130 valence electrons. The van der Waals surface area contributed by atoms with Crippen molar-refractivity contribution in [2.75, 3.05) is 11.9 Å². The second kappa shape index (κ2) is 8.34. The molecule has 0 aromatic heterocycles. The van der Waals surface area contributed by atoms with E-state index >= 15 is 0 Å². The Morgan fingerprint density at radius 2 is 1.92 bits per heavy atom. The fraction of sp³-hybridized carbons (Fsp3) is 0.550. The van der Waals surface area contributed by atoms with Gasteiger partial charge in [0.25, 0.3) is 0 Å². The van der Waals surface area contributed by atoms with Crippen molar-refractivity contribution < 1.29 is 14.6 Å². The maximum Gasteiger partial charge on any atom is 0.327 e. The van der Waals surface area contributed by atoms with Crippen LogP contribution in [-0.2, 0) is 9.53 Å². The Hall–Kier alpha value is -1.81. The lowest BCUT2D eigenvalue weighted by atomic mass is 9.76. The average molecular weight is 329 g/mol. The lowest BCUT2D eigenvalue weighted by molar-refractivity contribution is -0.131. The number of hydrogen-bond acceptors (Lipinski definition) is 3. The molecule has 0 unspecified atom stereocenters. The lowest BCUT2D eigenvalue weighted by Crippen LogP contribution is -2.32. The minimum atomic E-state index is -0.858. The fourth-order valence-corrected chi connectivity index (χ4v) is 4.17. The van der Waals surface area contributed by atoms with Gasteiger partial charge in [0.1, 0.15) is 0 Å². The summed E-state index contributed by atoms with van der Waals surface area (Å²) in [5.74, 6) is 0.380. The van der Waals surface area contributed by atoms with Crippen LogP contribution in [0.3, 0.4) is 0 Å². The Kier molecular flexibility index (Phi) is 5.91. The number of ether oxygens (including phenoxy) is 1. The van der Waals surface area contributed by atoms with Crippen LogP contribution >= 0.6 is 0 Å². The van der Waals surface area contributed by atoms with Crippen molar-refractivity contribution >= 4 is 11.7 Å². The molecule has 3 rings (SSSR count). The van der Waals surface area contributed by atoms with Crippen molar-refractivity contribution in [3.8, 4) is 0 Å². The van der Waals surface area contributed by atoms with Gasteiger partial charge in [-0.25, -0.2) is 4.79 Å². The number of anilines is 1. The molecule has 2 N–H and O–H groups in total. The average Bonchev–Trinajstić information content (AvgIpc) is 3.18. The van der Waals surface area contributed by atoms with Gasteiger partial charge < -0.3 is 15.2 Å². The predicted octanol–water partition coefficient (Wildman–Crippen LogP) is 4.09. The van der Waals surface area contributed by atoms with E-state index in [-0.39, 0.29) is 0 Å². The number of benzene rings is 1. The number of rotatable bonds is 9. The maximum absolute atomic E-state index is 10.4. The number of allylic oxidation sites excluding steroid dienone is 1. The molecule has 0 spiro atoms. The van der Waals surface area contributed by atoms with Gasteiger partial charge in [-0.15, -0.1) is 0 Å². The summed E-state index contributed by atoms with van der Waals surface area (Å²) in [6.45, 7) is 0.981. The van der Waals surface area contributed by atoms with E-state index in [1.165, 1.54) is 31.0 Å². The van der Waals surface area contributed by atoms with Gasteiger partial charge in [-0.05, 0) is 50.2 Å². The number of hydrogen-bond donors (Lipinski definition) is 2. The first kappa shape index (κ1) is 17.0. The summed E-state index contributed by atoms with van der Waals surface area (Å²) in [6, 6.07) is 10.4. The molecule has 2 heterocycles. The van der Waals surface area contributed by atoms with Crippen LogP contribution in [0.2, 0.25) is 0 Å². The third kappa shape index (κ3) is 4.38. The van der Waals surface area contributed by atoms with Crippen LogP contribution < -0.4 is 5.32 Å². The van der Waals surface area contributed by atoms with Gasteiger partial charge in [0.15, 0.2) is 0 Å². The molecule has 0 amide bonds. The summed E-state index contributed by atoms with van der Waals surface area (Å²) in [7, 11) is 0. The minimum Gasteiger partial charge on any atom is -0.478 e. The van der Waals surface area contributed by atoms with Crippen LogP contribution in [0.1, 0.15) is 38.5 Å². The Morgan fingerprint density at radius 1 is 1.17 bits per heavy atom.